The summed E-state index contributed by atoms with van der Waals surface area (Å²) in [5, 5.41) is 11.4. The molecule has 1 amide bonds. The van der Waals surface area contributed by atoms with Crippen molar-refractivity contribution in [2.75, 3.05) is 21.3 Å². The van der Waals surface area contributed by atoms with Gasteiger partial charge in [0, 0.05) is 5.56 Å². The molecule has 1 unspecified atom stereocenters. The number of ketones is 1. The van der Waals surface area contributed by atoms with Crippen LogP contribution in [0.2, 0.25) is 0 Å². The molecule has 1 N–H and O–H groups in total. The van der Waals surface area contributed by atoms with E-state index in [4.69, 9.17) is 18.6 Å². The van der Waals surface area contributed by atoms with Crippen molar-refractivity contribution in [2.24, 2.45) is 0 Å². The molecule has 1 aliphatic heterocycles. The zero-order valence-corrected chi connectivity index (χ0v) is 20.2. The topological polar surface area (TPSA) is 98.4 Å². The van der Waals surface area contributed by atoms with Gasteiger partial charge in [0.2, 0.25) is 5.75 Å². The smallest absolute Gasteiger partial charge is 0.296 e. The highest BCUT2D eigenvalue weighted by Gasteiger charge is 2.47. The number of likely N-dealkylation sites (tertiary alicyclic amines) is 1. The second-order valence-corrected chi connectivity index (χ2v) is 8.28. The van der Waals surface area contributed by atoms with E-state index < -0.39 is 17.7 Å². The molecule has 0 aliphatic carbocycles. The zero-order valence-electron chi connectivity index (χ0n) is 20.2. The van der Waals surface area contributed by atoms with Gasteiger partial charge in [-0.3, -0.25) is 9.59 Å². The fourth-order valence-corrected chi connectivity index (χ4v) is 4.36. The van der Waals surface area contributed by atoms with Crippen molar-refractivity contribution < 1.29 is 33.3 Å². The van der Waals surface area contributed by atoms with Crippen LogP contribution in [0.4, 0.5) is 0 Å². The Hall–Kier alpha value is -4.20. The summed E-state index contributed by atoms with van der Waals surface area (Å²) in [6.45, 7) is 3.76. The van der Waals surface area contributed by atoms with Crippen LogP contribution >= 0.6 is 0 Å². The number of aliphatic hydroxyl groups is 1. The van der Waals surface area contributed by atoms with Crippen molar-refractivity contribution in [3.8, 4) is 17.2 Å². The summed E-state index contributed by atoms with van der Waals surface area (Å²) in [6, 6.07) is 11.4. The Morgan fingerprint density at radius 1 is 1.00 bits per heavy atom. The second kappa shape index (κ2) is 9.58. The van der Waals surface area contributed by atoms with Gasteiger partial charge in [-0.1, -0.05) is 17.7 Å². The maximum atomic E-state index is 13.3. The Morgan fingerprint density at radius 3 is 2.26 bits per heavy atom. The largest absolute Gasteiger partial charge is 0.507 e. The number of carbonyl (C=O) groups excluding carboxylic acids is 2. The molecule has 4 rings (SSSR count). The maximum absolute atomic E-state index is 13.3. The highest BCUT2D eigenvalue weighted by molar-refractivity contribution is 6.46. The number of aryl methyl sites for hydroxylation is 2. The molecule has 1 atom stereocenters. The van der Waals surface area contributed by atoms with Gasteiger partial charge in [0.05, 0.1) is 45.8 Å². The number of carbonyl (C=O) groups is 2. The number of rotatable bonds is 7. The van der Waals surface area contributed by atoms with Gasteiger partial charge < -0.3 is 28.6 Å². The summed E-state index contributed by atoms with van der Waals surface area (Å²) in [6.07, 6.45) is 1.50. The third-order valence-electron chi connectivity index (χ3n) is 6.10. The molecule has 2 aromatic carbocycles. The van der Waals surface area contributed by atoms with Crippen LogP contribution in [0.1, 0.15) is 34.1 Å². The molecule has 1 fully saturated rings. The first-order valence-electron chi connectivity index (χ1n) is 11.0. The monoisotopic (exact) mass is 477 g/mol. The Bertz CT molecular complexity index is 1280. The average molecular weight is 478 g/mol. The molecule has 1 aliphatic rings. The fourth-order valence-electron chi connectivity index (χ4n) is 4.36. The number of aliphatic hydroxyl groups excluding tert-OH is 1. The number of furan rings is 1. The van der Waals surface area contributed by atoms with Crippen LogP contribution in [-0.4, -0.2) is 43.0 Å². The summed E-state index contributed by atoms with van der Waals surface area (Å²) in [4.78, 5) is 28.0. The lowest BCUT2D eigenvalue weighted by molar-refractivity contribution is -0.140. The number of ether oxygens (including phenoxy) is 3. The summed E-state index contributed by atoms with van der Waals surface area (Å²) in [7, 11) is 4.46. The van der Waals surface area contributed by atoms with Gasteiger partial charge in [-0.15, -0.1) is 0 Å². The predicted octanol–water partition coefficient (Wildman–Crippen LogP) is 4.54. The van der Waals surface area contributed by atoms with E-state index in [9.17, 15) is 14.7 Å². The molecule has 3 aromatic rings. The van der Waals surface area contributed by atoms with Crippen LogP contribution in [-0.2, 0) is 16.1 Å². The first-order valence-corrected chi connectivity index (χ1v) is 11.0. The zero-order chi connectivity index (χ0) is 25.3. The van der Waals surface area contributed by atoms with E-state index in [1.807, 2.05) is 26.0 Å². The van der Waals surface area contributed by atoms with Crippen molar-refractivity contribution in [1.82, 2.24) is 4.90 Å². The van der Waals surface area contributed by atoms with E-state index in [1.165, 1.54) is 32.5 Å². The summed E-state index contributed by atoms with van der Waals surface area (Å²) in [5.74, 6) is -0.187. The second-order valence-electron chi connectivity index (χ2n) is 8.28. The molecule has 2 heterocycles. The number of hydrogen-bond donors (Lipinski definition) is 1. The van der Waals surface area contributed by atoms with Crippen LogP contribution in [0, 0.1) is 13.8 Å². The molecular weight excluding hydrogens is 450 g/mol. The number of Topliss-reactive ketones (excluding diaryl/α,β-unsaturated/α-hetero) is 1. The van der Waals surface area contributed by atoms with Gasteiger partial charge in [-0.05, 0) is 55.3 Å². The predicted molar refractivity (Wildman–Crippen MR) is 129 cm³/mol. The van der Waals surface area contributed by atoms with Crippen molar-refractivity contribution in [2.45, 2.75) is 26.4 Å². The van der Waals surface area contributed by atoms with Gasteiger partial charge in [-0.2, -0.15) is 0 Å². The van der Waals surface area contributed by atoms with E-state index in [0.717, 1.165) is 11.1 Å². The van der Waals surface area contributed by atoms with Gasteiger partial charge >= 0.3 is 0 Å². The lowest BCUT2D eigenvalue weighted by Crippen LogP contribution is -2.29. The Labute approximate surface area is 203 Å². The van der Waals surface area contributed by atoms with Gasteiger partial charge in [0.25, 0.3) is 11.7 Å². The molecule has 0 saturated carbocycles. The fraction of sp³-hybridized carbons (Fsp3) is 0.259. The summed E-state index contributed by atoms with van der Waals surface area (Å²) in [5.41, 5.74) is 2.65. The van der Waals surface area contributed by atoms with Crippen molar-refractivity contribution in [3.05, 3.63) is 82.3 Å². The lowest BCUT2D eigenvalue weighted by atomic mass is 9.93. The van der Waals surface area contributed by atoms with E-state index in [0.29, 0.717) is 34.1 Å². The maximum Gasteiger partial charge on any atom is 0.296 e. The van der Waals surface area contributed by atoms with E-state index in [1.54, 1.807) is 30.3 Å². The van der Waals surface area contributed by atoms with Crippen molar-refractivity contribution in [3.63, 3.8) is 0 Å². The molecular formula is C27H27NO7. The van der Waals surface area contributed by atoms with Crippen LogP contribution in [0.15, 0.2) is 58.7 Å². The molecule has 0 spiro atoms. The average Bonchev–Trinajstić information content (AvgIpc) is 3.46. The number of benzene rings is 2. The standard InChI is InChI=1S/C27H27NO7/c1-15-8-9-16(2)19(11-15)24(29)22-23(17-12-20(32-3)26(34-5)21(13-17)33-4)28(27(31)25(22)30)14-18-7-6-10-35-18/h6-13,23,29H,14H2,1-5H3/b24-22+. The highest BCUT2D eigenvalue weighted by Crippen LogP contribution is 2.46. The van der Waals surface area contributed by atoms with Crippen LogP contribution in [0.25, 0.3) is 5.76 Å². The van der Waals surface area contributed by atoms with E-state index in [2.05, 4.69) is 0 Å². The third-order valence-corrected chi connectivity index (χ3v) is 6.10. The first kappa shape index (κ1) is 23.9. The minimum absolute atomic E-state index is 0.0236. The Morgan fingerprint density at radius 2 is 1.69 bits per heavy atom. The number of hydrogen-bond acceptors (Lipinski definition) is 7. The number of methoxy groups -OCH3 is 3. The quantitative estimate of drug-likeness (QED) is 0.303. The summed E-state index contributed by atoms with van der Waals surface area (Å²) < 4.78 is 21.9. The summed E-state index contributed by atoms with van der Waals surface area (Å²) >= 11 is 0. The van der Waals surface area contributed by atoms with Gasteiger partial charge in [0.1, 0.15) is 11.5 Å². The van der Waals surface area contributed by atoms with Gasteiger partial charge in [-0.25, -0.2) is 0 Å². The van der Waals surface area contributed by atoms with E-state index >= 15 is 0 Å². The molecule has 0 bridgehead atoms. The highest BCUT2D eigenvalue weighted by atomic mass is 16.5. The van der Waals surface area contributed by atoms with Crippen molar-refractivity contribution >= 4 is 17.4 Å². The normalized spacial score (nSPS) is 17.1. The van der Waals surface area contributed by atoms with E-state index in [-0.39, 0.29) is 17.9 Å². The molecule has 0 radical (unpaired) electrons. The number of nitrogens with zero attached hydrogens (tertiary/aromatic N) is 1. The Balaban J connectivity index is 1.98. The lowest BCUT2D eigenvalue weighted by Gasteiger charge is -2.26. The molecule has 8 heteroatoms. The molecule has 8 nitrogen and oxygen atoms in total. The Kier molecular flexibility index (Phi) is 6.55. The molecule has 182 valence electrons. The molecule has 35 heavy (non-hydrogen) atoms. The molecule has 1 aromatic heterocycles. The molecule has 1 saturated heterocycles. The third kappa shape index (κ3) is 4.23. The minimum atomic E-state index is -0.922. The van der Waals surface area contributed by atoms with Crippen molar-refractivity contribution in [1.29, 1.82) is 0 Å². The van der Waals surface area contributed by atoms with Crippen LogP contribution in [0.5, 0.6) is 17.2 Å². The SMILES string of the molecule is COc1cc(C2/C(=C(\O)c3cc(C)ccc3C)C(=O)C(=O)N2Cc2ccco2)cc(OC)c1OC. The number of amides is 1. The van der Waals surface area contributed by atoms with Gasteiger partial charge in [0.15, 0.2) is 11.5 Å². The first-order chi connectivity index (χ1) is 16.8. The van der Waals surface area contributed by atoms with Crippen LogP contribution in [0.3, 0.4) is 0 Å². The minimum Gasteiger partial charge on any atom is -0.507 e. The van der Waals surface area contributed by atoms with Crippen LogP contribution < -0.4 is 14.2 Å².